The van der Waals surface area contributed by atoms with Crippen LogP contribution in [0.4, 0.5) is 5.69 Å². The Bertz CT molecular complexity index is 1160. The summed E-state index contributed by atoms with van der Waals surface area (Å²) < 4.78 is 1.10. The quantitative estimate of drug-likeness (QED) is 0.490. The number of carbonyl (C=O) groups is 1. The fraction of sp³-hybridized carbons (Fsp3) is 0.143. The standard InChI is InChI=1S/C21H17N5OS/c27-18(10-11-19-23-16-6-1-2-7-17(16)28-19)22-15-5-3-4-14(12-15)21-24-20(25-26-21)13-8-9-13/h1-7,10-13H,8-9H2,(H,22,27)(H,24,25,26)/b11-10+. The van der Waals surface area contributed by atoms with Gasteiger partial charge in [0, 0.05) is 23.2 Å². The summed E-state index contributed by atoms with van der Waals surface area (Å²) >= 11 is 1.56. The van der Waals surface area contributed by atoms with Crippen molar-refractivity contribution < 1.29 is 4.79 Å². The second-order valence-corrected chi connectivity index (χ2v) is 7.80. The molecule has 1 aliphatic carbocycles. The number of nitrogens with one attached hydrogen (secondary N) is 2. The van der Waals surface area contributed by atoms with Crippen molar-refractivity contribution in [2.24, 2.45) is 0 Å². The molecule has 1 saturated carbocycles. The molecule has 0 saturated heterocycles. The first-order valence-corrected chi connectivity index (χ1v) is 9.94. The minimum absolute atomic E-state index is 0.204. The molecule has 1 fully saturated rings. The third-order valence-electron chi connectivity index (χ3n) is 4.54. The van der Waals surface area contributed by atoms with Gasteiger partial charge in [-0.3, -0.25) is 9.89 Å². The van der Waals surface area contributed by atoms with Gasteiger partial charge in [0.1, 0.15) is 10.8 Å². The van der Waals surface area contributed by atoms with E-state index in [2.05, 4.69) is 25.5 Å². The molecule has 4 aromatic rings. The van der Waals surface area contributed by atoms with Crippen molar-refractivity contribution >= 4 is 39.2 Å². The number of nitrogens with zero attached hydrogens (tertiary/aromatic N) is 3. The molecule has 0 bridgehead atoms. The van der Waals surface area contributed by atoms with Gasteiger partial charge in [-0.2, -0.15) is 5.10 Å². The Morgan fingerprint density at radius 2 is 2.04 bits per heavy atom. The topological polar surface area (TPSA) is 83.6 Å². The van der Waals surface area contributed by atoms with Crippen LogP contribution in [0.15, 0.2) is 54.6 Å². The molecule has 1 amide bonds. The van der Waals surface area contributed by atoms with Gasteiger partial charge in [-0.05, 0) is 43.2 Å². The van der Waals surface area contributed by atoms with Crippen LogP contribution in [0.5, 0.6) is 0 Å². The molecule has 7 heteroatoms. The first-order chi connectivity index (χ1) is 13.7. The van der Waals surface area contributed by atoms with Gasteiger partial charge < -0.3 is 5.32 Å². The Hall–Kier alpha value is -3.32. The zero-order valence-corrected chi connectivity index (χ0v) is 15.7. The normalized spacial score (nSPS) is 14.0. The monoisotopic (exact) mass is 387 g/mol. The lowest BCUT2D eigenvalue weighted by atomic mass is 10.2. The van der Waals surface area contributed by atoms with Gasteiger partial charge in [-0.25, -0.2) is 9.97 Å². The zero-order chi connectivity index (χ0) is 18.9. The molecule has 5 rings (SSSR count). The number of amides is 1. The Morgan fingerprint density at radius 3 is 2.89 bits per heavy atom. The van der Waals surface area contributed by atoms with Gasteiger partial charge in [-0.1, -0.05) is 24.3 Å². The van der Waals surface area contributed by atoms with Crippen molar-refractivity contribution in [2.45, 2.75) is 18.8 Å². The zero-order valence-electron chi connectivity index (χ0n) is 14.9. The number of aromatic nitrogens is 4. The molecule has 0 atom stereocenters. The Kier molecular flexibility index (Phi) is 4.21. The lowest BCUT2D eigenvalue weighted by Crippen LogP contribution is -2.07. The van der Waals surface area contributed by atoms with E-state index in [0.717, 1.165) is 26.6 Å². The number of para-hydroxylation sites is 1. The molecule has 2 heterocycles. The third kappa shape index (κ3) is 3.57. The van der Waals surface area contributed by atoms with Crippen LogP contribution in [-0.2, 0) is 4.79 Å². The minimum atomic E-state index is -0.204. The van der Waals surface area contributed by atoms with Gasteiger partial charge in [0.05, 0.1) is 10.2 Å². The maximum atomic E-state index is 12.3. The number of benzene rings is 2. The largest absolute Gasteiger partial charge is 0.322 e. The van der Waals surface area contributed by atoms with Crippen molar-refractivity contribution in [1.82, 2.24) is 20.2 Å². The molecule has 28 heavy (non-hydrogen) atoms. The number of rotatable bonds is 5. The van der Waals surface area contributed by atoms with Gasteiger partial charge in [-0.15, -0.1) is 11.3 Å². The molecular formula is C21H17N5OS. The second-order valence-electron chi connectivity index (χ2n) is 6.74. The smallest absolute Gasteiger partial charge is 0.248 e. The van der Waals surface area contributed by atoms with Crippen LogP contribution in [0.25, 0.3) is 27.7 Å². The molecule has 0 unspecified atom stereocenters. The molecule has 0 aliphatic heterocycles. The van der Waals surface area contributed by atoms with Crippen LogP contribution >= 0.6 is 11.3 Å². The van der Waals surface area contributed by atoms with E-state index in [9.17, 15) is 4.79 Å². The van der Waals surface area contributed by atoms with Crippen molar-refractivity contribution in [3.63, 3.8) is 0 Å². The highest BCUT2D eigenvalue weighted by molar-refractivity contribution is 7.19. The third-order valence-corrected chi connectivity index (χ3v) is 5.54. The van der Waals surface area contributed by atoms with Crippen LogP contribution in [0.3, 0.4) is 0 Å². The minimum Gasteiger partial charge on any atom is -0.322 e. The van der Waals surface area contributed by atoms with E-state index in [1.807, 2.05) is 48.5 Å². The van der Waals surface area contributed by atoms with E-state index in [1.54, 1.807) is 17.4 Å². The number of fused-ring (bicyclic) bond motifs is 1. The van der Waals surface area contributed by atoms with E-state index in [-0.39, 0.29) is 5.91 Å². The van der Waals surface area contributed by atoms with Crippen molar-refractivity contribution in [2.75, 3.05) is 5.32 Å². The van der Waals surface area contributed by atoms with Gasteiger partial charge >= 0.3 is 0 Å². The highest BCUT2D eigenvalue weighted by atomic mass is 32.1. The number of hydrogen-bond donors (Lipinski definition) is 2. The van der Waals surface area contributed by atoms with Crippen LogP contribution in [0, 0.1) is 0 Å². The van der Waals surface area contributed by atoms with E-state index in [0.29, 0.717) is 17.4 Å². The number of carbonyl (C=O) groups excluding carboxylic acids is 1. The molecule has 2 aromatic carbocycles. The summed E-state index contributed by atoms with van der Waals surface area (Å²) in [6.45, 7) is 0. The Labute approximate surface area is 165 Å². The Morgan fingerprint density at radius 1 is 1.14 bits per heavy atom. The van der Waals surface area contributed by atoms with Gasteiger partial charge in [0.25, 0.3) is 0 Å². The lowest BCUT2D eigenvalue weighted by Gasteiger charge is -2.03. The van der Waals surface area contributed by atoms with Crippen LogP contribution < -0.4 is 5.32 Å². The van der Waals surface area contributed by atoms with Gasteiger partial charge in [0.2, 0.25) is 5.91 Å². The highest BCUT2D eigenvalue weighted by Crippen LogP contribution is 2.38. The first-order valence-electron chi connectivity index (χ1n) is 9.12. The summed E-state index contributed by atoms with van der Waals surface area (Å²) in [5.74, 6) is 1.92. The summed E-state index contributed by atoms with van der Waals surface area (Å²) in [4.78, 5) is 21.4. The van der Waals surface area contributed by atoms with E-state index < -0.39 is 0 Å². The number of hydrogen-bond acceptors (Lipinski definition) is 5. The van der Waals surface area contributed by atoms with Gasteiger partial charge in [0.15, 0.2) is 5.82 Å². The fourth-order valence-electron chi connectivity index (χ4n) is 2.97. The summed E-state index contributed by atoms with van der Waals surface area (Å²) in [6, 6.07) is 15.5. The number of aromatic amines is 1. The number of thiazole rings is 1. The molecule has 2 aromatic heterocycles. The molecule has 1 aliphatic rings. The average Bonchev–Trinajstić information content (AvgIpc) is 3.28. The summed E-state index contributed by atoms with van der Waals surface area (Å²) in [7, 11) is 0. The summed E-state index contributed by atoms with van der Waals surface area (Å²) in [5, 5.41) is 11.0. The van der Waals surface area contributed by atoms with E-state index >= 15 is 0 Å². The fourth-order valence-corrected chi connectivity index (χ4v) is 3.84. The average molecular weight is 387 g/mol. The summed E-state index contributed by atoms with van der Waals surface area (Å²) in [5.41, 5.74) is 2.52. The number of anilines is 1. The van der Waals surface area contributed by atoms with Crippen molar-refractivity contribution in [1.29, 1.82) is 0 Å². The predicted molar refractivity (Wildman–Crippen MR) is 111 cm³/mol. The maximum absolute atomic E-state index is 12.3. The lowest BCUT2D eigenvalue weighted by molar-refractivity contribution is -0.111. The molecule has 0 radical (unpaired) electrons. The van der Waals surface area contributed by atoms with Crippen LogP contribution in [0.2, 0.25) is 0 Å². The second kappa shape index (κ2) is 7.01. The van der Waals surface area contributed by atoms with Crippen LogP contribution in [0.1, 0.15) is 29.6 Å². The Balaban J connectivity index is 1.29. The number of H-pyrrole nitrogens is 1. The maximum Gasteiger partial charge on any atom is 0.248 e. The SMILES string of the molecule is O=C(/C=C/c1nc2ccccc2s1)Nc1cccc(-c2n[nH]c(C3CC3)n2)c1. The molecule has 6 nitrogen and oxygen atoms in total. The molecule has 138 valence electrons. The van der Waals surface area contributed by atoms with E-state index in [4.69, 9.17) is 0 Å². The van der Waals surface area contributed by atoms with E-state index in [1.165, 1.54) is 18.9 Å². The molecular weight excluding hydrogens is 370 g/mol. The summed E-state index contributed by atoms with van der Waals surface area (Å²) in [6.07, 6.45) is 5.58. The molecule has 2 N–H and O–H groups in total. The van der Waals surface area contributed by atoms with Crippen molar-refractivity contribution in [3.8, 4) is 11.4 Å². The first kappa shape index (κ1) is 16.8. The van der Waals surface area contributed by atoms with Crippen LogP contribution in [-0.4, -0.2) is 26.1 Å². The van der Waals surface area contributed by atoms with Crippen molar-refractivity contribution in [3.05, 3.63) is 65.4 Å². The predicted octanol–water partition coefficient (Wildman–Crippen LogP) is 4.61. The molecule has 0 spiro atoms. The highest BCUT2D eigenvalue weighted by Gasteiger charge is 2.27.